The molecule has 0 heterocycles. The van der Waals surface area contributed by atoms with Crippen molar-refractivity contribution in [3.8, 4) is 0 Å². The SMILES string of the molecule is CCC(CNC(=O)NCCCCOC)C(=O)O. The average Bonchev–Trinajstić information content (AvgIpc) is 2.29. The van der Waals surface area contributed by atoms with Gasteiger partial charge in [-0.3, -0.25) is 4.79 Å². The number of amides is 2. The zero-order valence-corrected chi connectivity index (χ0v) is 10.5. The highest BCUT2D eigenvalue weighted by Crippen LogP contribution is 1.99. The largest absolute Gasteiger partial charge is 0.481 e. The molecule has 0 aromatic heterocycles. The zero-order chi connectivity index (χ0) is 13.1. The predicted octanol–water partition coefficient (Wildman–Crippen LogP) is 0.823. The van der Waals surface area contributed by atoms with Crippen LogP contribution in [0.25, 0.3) is 0 Å². The Labute approximate surface area is 102 Å². The van der Waals surface area contributed by atoms with Gasteiger partial charge in [0, 0.05) is 26.8 Å². The molecule has 0 aromatic rings. The number of carbonyl (C=O) groups is 2. The first kappa shape index (κ1) is 15.7. The average molecular weight is 246 g/mol. The fourth-order valence-electron chi connectivity index (χ4n) is 1.26. The van der Waals surface area contributed by atoms with Crippen molar-refractivity contribution in [2.75, 3.05) is 26.8 Å². The van der Waals surface area contributed by atoms with E-state index in [2.05, 4.69) is 10.6 Å². The van der Waals surface area contributed by atoms with Gasteiger partial charge in [-0.2, -0.15) is 0 Å². The van der Waals surface area contributed by atoms with Crippen LogP contribution in [0.5, 0.6) is 0 Å². The molecule has 0 fully saturated rings. The summed E-state index contributed by atoms with van der Waals surface area (Å²) in [5.41, 5.74) is 0. The van der Waals surface area contributed by atoms with Crippen LogP contribution >= 0.6 is 0 Å². The van der Waals surface area contributed by atoms with Crippen LogP contribution in [0.15, 0.2) is 0 Å². The van der Waals surface area contributed by atoms with Crippen LogP contribution in [0.2, 0.25) is 0 Å². The molecule has 0 aliphatic heterocycles. The maximum absolute atomic E-state index is 11.3. The Bertz CT molecular complexity index is 234. The molecular weight excluding hydrogens is 224 g/mol. The molecule has 0 aromatic carbocycles. The van der Waals surface area contributed by atoms with Gasteiger partial charge >= 0.3 is 12.0 Å². The number of ether oxygens (including phenoxy) is 1. The van der Waals surface area contributed by atoms with Crippen molar-refractivity contribution in [2.45, 2.75) is 26.2 Å². The summed E-state index contributed by atoms with van der Waals surface area (Å²) in [7, 11) is 1.64. The number of carboxylic acids is 1. The number of methoxy groups -OCH3 is 1. The lowest BCUT2D eigenvalue weighted by molar-refractivity contribution is -0.141. The lowest BCUT2D eigenvalue weighted by atomic mass is 10.1. The second-order valence-electron chi connectivity index (χ2n) is 3.78. The lowest BCUT2D eigenvalue weighted by Gasteiger charge is -2.11. The lowest BCUT2D eigenvalue weighted by Crippen LogP contribution is -2.40. The Morgan fingerprint density at radius 2 is 2.00 bits per heavy atom. The van der Waals surface area contributed by atoms with E-state index in [4.69, 9.17) is 9.84 Å². The standard InChI is InChI=1S/C11H22N2O4/c1-3-9(10(14)15)8-13-11(16)12-6-4-5-7-17-2/h9H,3-8H2,1-2H3,(H,14,15)(H2,12,13,16). The van der Waals surface area contributed by atoms with Crippen LogP contribution in [0.1, 0.15) is 26.2 Å². The second-order valence-corrected chi connectivity index (χ2v) is 3.78. The fraction of sp³-hybridized carbons (Fsp3) is 0.818. The Morgan fingerprint density at radius 1 is 1.29 bits per heavy atom. The fourth-order valence-corrected chi connectivity index (χ4v) is 1.26. The van der Waals surface area contributed by atoms with E-state index in [0.29, 0.717) is 19.6 Å². The number of nitrogens with one attached hydrogen (secondary N) is 2. The zero-order valence-electron chi connectivity index (χ0n) is 10.5. The van der Waals surface area contributed by atoms with E-state index in [0.717, 1.165) is 12.8 Å². The van der Waals surface area contributed by atoms with Crippen molar-refractivity contribution in [3.63, 3.8) is 0 Å². The molecule has 0 aliphatic rings. The molecule has 6 nitrogen and oxygen atoms in total. The van der Waals surface area contributed by atoms with Crippen LogP contribution < -0.4 is 10.6 Å². The highest BCUT2D eigenvalue weighted by molar-refractivity contribution is 5.75. The number of hydrogen-bond acceptors (Lipinski definition) is 3. The first-order valence-electron chi connectivity index (χ1n) is 5.85. The van der Waals surface area contributed by atoms with Crippen LogP contribution in [0.4, 0.5) is 4.79 Å². The number of carbonyl (C=O) groups excluding carboxylic acids is 1. The van der Waals surface area contributed by atoms with E-state index >= 15 is 0 Å². The molecule has 0 saturated carbocycles. The third kappa shape index (κ3) is 8.50. The number of unbranched alkanes of at least 4 members (excludes halogenated alkanes) is 1. The van der Waals surface area contributed by atoms with Crippen molar-refractivity contribution in [3.05, 3.63) is 0 Å². The molecule has 0 bridgehead atoms. The predicted molar refractivity (Wildman–Crippen MR) is 63.9 cm³/mol. The van der Waals surface area contributed by atoms with Crippen LogP contribution in [0, 0.1) is 5.92 Å². The van der Waals surface area contributed by atoms with E-state index in [-0.39, 0.29) is 12.6 Å². The maximum Gasteiger partial charge on any atom is 0.314 e. The Morgan fingerprint density at radius 3 is 2.53 bits per heavy atom. The molecule has 1 atom stereocenters. The Balaban J connectivity index is 3.55. The minimum absolute atomic E-state index is 0.162. The summed E-state index contributed by atoms with van der Waals surface area (Å²) in [6, 6.07) is -0.317. The van der Waals surface area contributed by atoms with Crippen molar-refractivity contribution < 1.29 is 19.4 Å². The number of hydrogen-bond donors (Lipinski definition) is 3. The van der Waals surface area contributed by atoms with E-state index in [9.17, 15) is 9.59 Å². The van der Waals surface area contributed by atoms with Gasteiger partial charge in [0.05, 0.1) is 5.92 Å². The molecule has 0 aliphatic carbocycles. The highest BCUT2D eigenvalue weighted by atomic mass is 16.5. The Hall–Kier alpha value is -1.30. The molecule has 0 saturated heterocycles. The molecule has 0 rings (SSSR count). The summed E-state index contributed by atoms with van der Waals surface area (Å²) in [5, 5.41) is 14.0. The summed E-state index contributed by atoms with van der Waals surface area (Å²) >= 11 is 0. The summed E-state index contributed by atoms with van der Waals surface area (Å²) in [4.78, 5) is 22.0. The number of carboxylic acid groups (broad SMARTS) is 1. The minimum Gasteiger partial charge on any atom is -0.481 e. The molecular formula is C11H22N2O4. The topological polar surface area (TPSA) is 87.7 Å². The number of urea groups is 1. The number of rotatable bonds is 9. The quantitative estimate of drug-likeness (QED) is 0.526. The molecule has 0 radical (unpaired) electrons. The van der Waals surface area contributed by atoms with E-state index in [1.165, 1.54) is 0 Å². The molecule has 0 spiro atoms. The van der Waals surface area contributed by atoms with Gasteiger partial charge in [-0.25, -0.2) is 4.79 Å². The van der Waals surface area contributed by atoms with Gasteiger partial charge < -0.3 is 20.5 Å². The van der Waals surface area contributed by atoms with E-state index in [1.54, 1.807) is 14.0 Å². The first-order valence-corrected chi connectivity index (χ1v) is 5.85. The van der Waals surface area contributed by atoms with Crippen molar-refractivity contribution in [1.29, 1.82) is 0 Å². The molecule has 3 N–H and O–H groups in total. The van der Waals surface area contributed by atoms with Crippen LogP contribution in [-0.2, 0) is 9.53 Å². The molecule has 1 unspecified atom stereocenters. The monoisotopic (exact) mass is 246 g/mol. The highest BCUT2D eigenvalue weighted by Gasteiger charge is 2.15. The van der Waals surface area contributed by atoms with Crippen LogP contribution in [0.3, 0.4) is 0 Å². The van der Waals surface area contributed by atoms with Crippen molar-refractivity contribution in [2.24, 2.45) is 5.92 Å². The van der Waals surface area contributed by atoms with Gasteiger partial charge in [-0.1, -0.05) is 6.92 Å². The van der Waals surface area contributed by atoms with E-state index < -0.39 is 11.9 Å². The molecule has 100 valence electrons. The van der Waals surface area contributed by atoms with Gasteiger partial charge in [0.25, 0.3) is 0 Å². The van der Waals surface area contributed by atoms with Gasteiger partial charge in [0.15, 0.2) is 0 Å². The molecule has 2 amide bonds. The minimum atomic E-state index is -0.882. The Kier molecular flexibility index (Phi) is 9.14. The van der Waals surface area contributed by atoms with Gasteiger partial charge in [0.1, 0.15) is 0 Å². The smallest absolute Gasteiger partial charge is 0.314 e. The second kappa shape index (κ2) is 9.89. The van der Waals surface area contributed by atoms with Gasteiger partial charge in [-0.15, -0.1) is 0 Å². The summed E-state index contributed by atoms with van der Waals surface area (Å²) in [6.07, 6.45) is 2.24. The summed E-state index contributed by atoms with van der Waals surface area (Å²) < 4.78 is 4.88. The summed E-state index contributed by atoms with van der Waals surface area (Å²) in [6.45, 7) is 3.19. The van der Waals surface area contributed by atoms with Gasteiger partial charge in [-0.05, 0) is 19.3 Å². The molecule has 6 heteroatoms. The molecule has 17 heavy (non-hydrogen) atoms. The third-order valence-corrected chi connectivity index (χ3v) is 2.41. The first-order chi connectivity index (χ1) is 8.11. The van der Waals surface area contributed by atoms with Gasteiger partial charge in [0.2, 0.25) is 0 Å². The normalized spacial score (nSPS) is 11.9. The number of aliphatic carboxylic acids is 1. The van der Waals surface area contributed by atoms with Crippen LogP contribution in [-0.4, -0.2) is 43.9 Å². The third-order valence-electron chi connectivity index (χ3n) is 2.41. The van der Waals surface area contributed by atoms with Crippen molar-refractivity contribution in [1.82, 2.24) is 10.6 Å². The maximum atomic E-state index is 11.3. The van der Waals surface area contributed by atoms with Crippen molar-refractivity contribution >= 4 is 12.0 Å². The van der Waals surface area contributed by atoms with E-state index in [1.807, 2.05) is 0 Å². The summed E-state index contributed by atoms with van der Waals surface area (Å²) in [5.74, 6) is -1.40.